The lowest BCUT2D eigenvalue weighted by Crippen LogP contribution is -2.48. The van der Waals surface area contributed by atoms with E-state index in [1.807, 2.05) is 0 Å². The first kappa shape index (κ1) is 28.7. The van der Waals surface area contributed by atoms with Gasteiger partial charge in [0.1, 0.15) is 11.1 Å². The molecule has 0 radical (unpaired) electrons. The summed E-state index contributed by atoms with van der Waals surface area (Å²) in [6.45, 7) is 9.44. The quantitative estimate of drug-likeness (QED) is 0.465. The van der Waals surface area contributed by atoms with Crippen LogP contribution in [0.15, 0.2) is 30.0 Å². The van der Waals surface area contributed by atoms with Gasteiger partial charge in [-0.3, -0.25) is 4.79 Å². The molecule has 3 N–H and O–H groups in total. The van der Waals surface area contributed by atoms with Crippen LogP contribution in [0.25, 0.3) is 0 Å². The number of anilines is 1. The van der Waals surface area contributed by atoms with Gasteiger partial charge in [0.15, 0.2) is 0 Å². The lowest BCUT2D eigenvalue weighted by Gasteiger charge is -2.34. The maximum atomic E-state index is 13.2. The number of rotatable bonds is 6. The first-order valence-electron chi connectivity index (χ1n) is 11.5. The van der Waals surface area contributed by atoms with E-state index in [1.165, 1.54) is 18.4 Å². The van der Waals surface area contributed by atoms with Gasteiger partial charge in [0.25, 0.3) is 0 Å². The minimum Gasteiger partial charge on any atom is -0.444 e. The number of allylic oxidation sites excluding steroid dienone is 1. The monoisotopic (exact) mass is 507 g/mol. The van der Waals surface area contributed by atoms with E-state index in [0.717, 1.165) is 12.1 Å². The molecule has 8 nitrogen and oxygen atoms in total. The summed E-state index contributed by atoms with van der Waals surface area (Å²) in [7, 11) is 0. The summed E-state index contributed by atoms with van der Waals surface area (Å²) in [4.78, 5) is 26.7. The molecule has 0 bridgehead atoms. The maximum Gasteiger partial charge on any atom is 0.417 e. The lowest BCUT2D eigenvalue weighted by atomic mass is 9.90. The Hall–Kier alpha value is -3.55. The van der Waals surface area contributed by atoms with Gasteiger partial charge in [-0.2, -0.15) is 18.4 Å². The highest BCUT2D eigenvalue weighted by molar-refractivity contribution is 5.97. The van der Waals surface area contributed by atoms with Crippen molar-refractivity contribution in [3.05, 3.63) is 41.1 Å². The van der Waals surface area contributed by atoms with Crippen molar-refractivity contribution in [2.75, 3.05) is 18.4 Å². The smallest absolute Gasteiger partial charge is 0.417 e. The molecule has 1 saturated heterocycles. The summed E-state index contributed by atoms with van der Waals surface area (Å²) >= 11 is 0. The van der Waals surface area contributed by atoms with Crippen molar-refractivity contribution >= 4 is 23.9 Å². The fourth-order valence-corrected chi connectivity index (χ4v) is 3.57. The molecular weight excluding hydrogens is 475 g/mol. The van der Waals surface area contributed by atoms with Crippen LogP contribution in [0.1, 0.15) is 58.6 Å². The molecule has 1 aliphatic heterocycles. The van der Waals surface area contributed by atoms with Crippen molar-refractivity contribution in [2.45, 2.75) is 64.8 Å². The largest absolute Gasteiger partial charge is 0.444 e. The molecule has 2 rings (SSSR count). The Morgan fingerprint density at radius 3 is 2.28 bits per heavy atom. The summed E-state index contributed by atoms with van der Waals surface area (Å²) < 4.78 is 45.1. The number of halogens is 3. The molecule has 0 aromatic heterocycles. The third kappa shape index (κ3) is 7.73. The Labute approximate surface area is 209 Å². The van der Waals surface area contributed by atoms with Gasteiger partial charge in [-0.15, -0.1) is 0 Å². The molecule has 0 spiro atoms. The summed E-state index contributed by atoms with van der Waals surface area (Å²) in [6.07, 6.45) is -1.15. The van der Waals surface area contributed by atoms with Crippen LogP contribution >= 0.6 is 0 Å². The van der Waals surface area contributed by atoms with Gasteiger partial charge in [-0.05, 0) is 77.2 Å². The number of alkyl halides is 3. The Morgan fingerprint density at radius 1 is 1.17 bits per heavy atom. The van der Waals surface area contributed by atoms with E-state index in [9.17, 15) is 22.8 Å². The molecule has 1 fully saturated rings. The fraction of sp³-hybridized carbons (Fsp3) is 0.520. The van der Waals surface area contributed by atoms with Crippen molar-refractivity contribution in [3.63, 3.8) is 0 Å². The SMILES string of the molecule is CC(C)(C)OC(=O)N1CCC(/C(C=N)=C/NC(C)(C)C(=O)Nc2ccc(C#N)c(C(F)(F)F)c2)CC1. The number of nitrogens with one attached hydrogen (secondary N) is 3. The second-order valence-electron chi connectivity index (χ2n) is 10.1. The first-order chi connectivity index (χ1) is 16.6. The molecule has 0 unspecified atom stereocenters. The number of carbonyl (C=O) groups is 2. The highest BCUT2D eigenvalue weighted by Crippen LogP contribution is 2.33. The molecular formula is C25H32F3N5O3. The number of nitriles is 1. The van der Waals surface area contributed by atoms with E-state index in [4.69, 9.17) is 15.4 Å². The zero-order chi connectivity index (χ0) is 27.3. The number of piperidine rings is 1. The number of carbonyl (C=O) groups excluding carboxylic acids is 2. The normalized spacial score (nSPS) is 15.6. The summed E-state index contributed by atoms with van der Waals surface area (Å²) in [5, 5.41) is 22.1. The highest BCUT2D eigenvalue weighted by Gasteiger charge is 2.35. The van der Waals surface area contributed by atoms with Gasteiger partial charge in [0.05, 0.1) is 17.2 Å². The molecule has 1 heterocycles. The van der Waals surface area contributed by atoms with Gasteiger partial charge in [0.2, 0.25) is 5.91 Å². The Balaban J connectivity index is 2.04. The van der Waals surface area contributed by atoms with Crippen LogP contribution in [0.2, 0.25) is 0 Å². The topological polar surface area (TPSA) is 118 Å². The predicted molar refractivity (Wildman–Crippen MR) is 129 cm³/mol. The van der Waals surface area contributed by atoms with Crippen LogP contribution in [-0.2, 0) is 15.7 Å². The average molecular weight is 508 g/mol. The summed E-state index contributed by atoms with van der Waals surface area (Å²) in [6, 6.07) is 4.47. The fourth-order valence-electron chi connectivity index (χ4n) is 3.57. The van der Waals surface area contributed by atoms with Crippen molar-refractivity contribution in [1.82, 2.24) is 10.2 Å². The van der Waals surface area contributed by atoms with Crippen molar-refractivity contribution < 1.29 is 27.5 Å². The van der Waals surface area contributed by atoms with E-state index in [1.54, 1.807) is 45.7 Å². The Bertz CT molecular complexity index is 1060. The molecule has 0 saturated carbocycles. The molecule has 0 atom stereocenters. The number of nitrogens with zero attached hydrogens (tertiary/aromatic N) is 2. The zero-order valence-corrected chi connectivity index (χ0v) is 21.0. The molecule has 0 aliphatic carbocycles. The standard InChI is InChI=1S/C25H32F3N5O3/c1-23(2,3)36-22(35)33-10-8-16(9-11-33)18(14-30)15-31-24(4,5)21(34)32-19-7-6-17(13-29)20(12-19)25(26,27)28/h6-7,12,14-16,30-31H,8-11H2,1-5H3,(H,32,34)/b18-15+,30-14?. The third-order valence-electron chi connectivity index (χ3n) is 5.66. The molecule has 2 amide bonds. The number of hydrogen-bond acceptors (Lipinski definition) is 6. The molecule has 1 aliphatic rings. The lowest BCUT2D eigenvalue weighted by molar-refractivity contribution is -0.137. The molecule has 1 aromatic rings. The van der Waals surface area contributed by atoms with E-state index in [2.05, 4.69) is 10.6 Å². The zero-order valence-electron chi connectivity index (χ0n) is 21.0. The van der Waals surface area contributed by atoms with Crippen molar-refractivity contribution in [3.8, 4) is 6.07 Å². The molecule has 1 aromatic carbocycles. The maximum absolute atomic E-state index is 13.2. The highest BCUT2D eigenvalue weighted by atomic mass is 19.4. The van der Waals surface area contributed by atoms with Crippen molar-refractivity contribution in [1.29, 1.82) is 10.7 Å². The minimum absolute atomic E-state index is 0.0135. The van der Waals surface area contributed by atoms with Gasteiger partial charge >= 0.3 is 12.3 Å². The third-order valence-corrected chi connectivity index (χ3v) is 5.66. The van der Waals surface area contributed by atoms with Crippen LogP contribution in [0.4, 0.5) is 23.7 Å². The Morgan fingerprint density at radius 2 is 1.78 bits per heavy atom. The number of likely N-dealkylation sites (tertiary alicyclic amines) is 1. The van der Waals surface area contributed by atoms with Crippen LogP contribution in [-0.4, -0.2) is 47.3 Å². The second-order valence-corrected chi connectivity index (χ2v) is 10.1. The molecule has 11 heteroatoms. The van der Waals surface area contributed by atoms with E-state index in [0.29, 0.717) is 31.5 Å². The van der Waals surface area contributed by atoms with Gasteiger partial charge in [-0.1, -0.05) is 0 Å². The average Bonchev–Trinajstić information content (AvgIpc) is 2.78. The van der Waals surface area contributed by atoms with E-state index >= 15 is 0 Å². The summed E-state index contributed by atoms with van der Waals surface area (Å²) in [5.74, 6) is -0.610. The number of ether oxygens (including phenoxy) is 1. The van der Waals surface area contributed by atoms with E-state index < -0.39 is 34.4 Å². The number of benzene rings is 1. The van der Waals surface area contributed by atoms with Crippen molar-refractivity contribution in [2.24, 2.45) is 5.92 Å². The molecule has 36 heavy (non-hydrogen) atoms. The second kappa shape index (κ2) is 11.0. The van der Waals surface area contributed by atoms with E-state index in [-0.39, 0.29) is 17.7 Å². The molecule has 196 valence electrons. The minimum atomic E-state index is -4.74. The van der Waals surface area contributed by atoms with Crippen LogP contribution < -0.4 is 10.6 Å². The summed E-state index contributed by atoms with van der Waals surface area (Å²) in [5.41, 5.74) is -2.93. The van der Waals surface area contributed by atoms with Crippen LogP contribution in [0, 0.1) is 22.7 Å². The van der Waals surface area contributed by atoms with Crippen LogP contribution in [0.3, 0.4) is 0 Å². The first-order valence-corrected chi connectivity index (χ1v) is 11.5. The Kier molecular flexibility index (Phi) is 8.78. The number of amides is 2. The number of hydrogen-bond donors (Lipinski definition) is 3. The predicted octanol–water partition coefficient (Wildman–Crippen LogP) is 5.06. The van der Waals surface area contributed by atoms with Gasteiger partial charge < -0.3 is 25.7 Å². The van der Waals surface area contributed by atoms with Crippen LogP contribution in [0.5, 0.6) is 0 Å². The van der Waals surface area contributed by atoms with Gasteiger partial charge in [-0.25, -0.2) is 4.79 Å². The van der Waals surface area contributed by atoms with Gasteiger partial charge in [0, 0.05) is 31.2 Å².